The smallest absolute Gasteiger partial charge is 0.0171 e. The van der Waals surface area contributed by atoms with Crippen LogP contribution in [0.3, 0.4) is 0 Å². The lowest BCUT2D eigenvalue weighted by molar-refractivity contribution is 0.414. The van der Waals surface area contributed by atoms with Crippen molar-refractivity contribution in [3.63, 3.8) is 0 Å². The van der Waals surface area contributed by atoms with Gasteiger partial charge in [-0.3, -0.25) is 0 Å². The first-order valence-electron chi connectivity index (χ1n) is 4.16. The van der Waals surface area contributed by atoms with Gasteiger partial charge in [-0.1, -0.05) is 17.7 Å². The van der Waals surface area contributed by atoms with Crippen molar-refractivity contribution in [3.05, 3.63) is 11.1 Å². The average Bonchev–Trinajstić information content (AvgIpc) is 1.96. The van der Waals surface area contributed by atoms with Crippen LogP contribution < -0.4 is 0 Å². The van der Waals surface area contributed by atoms with Crippen molar-refractivity contribution in [2.45, 2.75) is 6.42 Å². The Kier molecular flexibility index (Phi) is 6.44. The number of nitrogens with zero attached hydrogens (tertiary/aromatic N) is 2. The van der Waals surface area contributed by atoms with E-state index in [1.54, 1.807) is 0 Å². The lowest BCUT2D eigenvalue weighted by Crippen LogP contribution is -2.14. The molecule has 3 heteroatoms. The molecule has 0 saturated carbocycles. The first kappa shape index (κ1) is 11.9. The summed E-state index contributed by atoms with van der Waals surface area (Å²) in [5.41, 5.74) is 0. The van der Waals surface area contributed by atoms with Crippen LogP contribution in [0.1, 0.15) is 6.42 Å². The van der Waals surface area contributed by atoms with Crippen molar-refractivity contribution in [1.29, 1.82) is 0 Å². The van der Waals surface area contributed by atoms with Crippen molar-refractivity contribution in [1.82, 2.24) is 9.80 Å². The Balaban J connectivity index is 3.56. The molecule has 0 aromatic heterocycles. The van der Waals surface area contributed by atoms with Crippen LogP contribution in [0.15, 0.2) is 11.1 Å². The fraction of sp³-hybridized carbons (Fsp3) is 0.778. The van der Waals surface area contributed by atoms with Crippen LogP contribution in [0.2, 0.25) is 0 Å². The molecule has 0 spiro atoms. The molecule has 12 heavy (non-hydrogen) atoms. The fourth-order valence-corrected chi connectivity index (χ4v) is 0.868. The molecule has 0 radical (unpaired) electrons. The predicted molar refractivity (Wildman–Crippen MR) is 55.7 cm³/mol. The average molecular weight is 191 g/mol. The van der Waals surface area contributed by atoms with Crippen LogP contribution in [0.5, 0.6) is 0 Å². The second kappa shape index (κ2) is 6.46. The van der Waals surface area contributed by atoms with Gasteiger partial charge < -0.3 is 9.80 Å². The molecule has 0 aliphatic rings. The van der Waals surface area contributed by atoms with E-state index in [9.17, 15) is 0 Å². The highest BCUT2D eigenvalue weighted by Gasteiger charge is 1.94. The maximum Gasteiger partial charge on any atom is 0.0171 e. The standard InChI is InChI=1S/C9H19ClN2/c1-11(2)7-5-9(10)6-8-12(3)4/h5H,6-8H2,1-4H3/b9-5+. The molecule has 0 saturated heterocycles. The Labute approximate surface area is 80.8 Å². The summed E-state index contributed by atoms with van der Waals surface area (Å²) in [5.74, 6) is 0. The number of rotatable bonds is 5. The molecule has 0 rings (SSSR count). The molecule has 0 bridgehead atoms. The molecule has 0 aromatic carbocycles. The van der Waals surface area contributed by atoms with Crippen molar-refractivity contribution in [2.24, 2.45) is 0 Å². The summed E-state index contributed by atoms with van der Waals surface area (Å²) in [7, 11) is 8.17. The molecule has 0 aromatic rings. The van der Waals surface area contributed by atoms with E-state index in [1.165, 1.54) is 0 Å². The summed E-state index contributed by atoms with van der Waals surface area (Å²) in [6, 6.07) is 0. The Bertz CT molecular complexity index is 141. The van der Waals surface area contributed by atoms with Crippen LogP contribution >= 0.6 is 11.6 Å². The Morgan fingerprint density at radius 2 is 1.75 bits per heavy atom. The van der Waals surface area contributed by atoms with Crippen molar-refractivity contribution >= 4 is 11.6 Å². The molecular weight excluding hydrogens is 172 g/mol. The van der Waals surface area contributed by atoms with Crippen LogP contribution in [-0.2, 0) is 0 Å². The minimum absolute atomic E-state index is 0.923. The molecule has 0 heterocycles. The van der Waals surface area contributed by atoms with E-state index in [0.717, 1.165) is 24.5 Å². The molecule has 0 aliphatic carbocycles. The predicted octanol–water partition coefficient (Wildman–Crippen LogP) is 1.62. The monoisotopic (exact) mass is 190 g/mol. The third kappa shape index (κ3) is 8.05. The second-order valence-electron chi connectivity index (χ2n) is 3.47. The van der Waals surface area contributed by atoms with Crippen LogP contribution in [0.4, 0.5) is 0 Å². The molecule has 0 unspecified atom stereocenters. The Morgan fingerprint density at radius 3 is 2.17 bits per heavy atom. The van der Waals surface area contributed by atoms with E-state index in [-0.39, 0.29) is 0 Å². The topological polar surface area (TPSA) is 6.48 Å². The summed E-state index contributed by atoms with van der Waals surface area (Å²) < 4.78 is 0. The minimum atomic E-state index is 0.923. The first-order chi connectivity index (χ1) is 5.52. The van der Waals surface area contributed by atoms with E-state index in [4.69, 9.17) is 11.6 Å². The van der Waals surface area contributed by atoms with Crippen LogP contribution in [-0.4, -0.2) is 51.1 Å². The molecule has 0 fully saturated rings. The zero-order valence-electron chi connectivity index (χ0n) is 8.47. The zero-order valence-corrected chi connectivity index (χ0v) is 9.23. The van der Waals surface area contributed by atoms with Gasteiger partial charge >= 0.3 is 0 Å². The highest BCUT2D eigenvalue weighted by Crippen LogP contribution is 2.06. The van der Waals surface area contributed by atoms with Gasteiger partial charge in [-0.15, -0.1) is 0 Å². The number of hydrogen-bond donors (Lipinski definition) is 0. The number of halogens is 1. The maximum atomic E-state index is 5.98. The molecule has 0 aliphatic heterocycles. The van der Waals surface area contributed by atoms with Crippen LogP contribution in [0.25, 0.3) is 0 Å². The summed E-state index contributed by atoms with van der Waals surface area (Å²) in [4.78, 5) is 4.23. The minimum Gasteiger partial charge on any atom is -0.309 e. The molecule has 0 N–H and O–H groups in total. The van der Waals surface area contributed by atoms with Gasteiger partial charge in [0.1, 0.15) is 0 Å². The van der Waals surface area contributed by atoms with E-state index < -0.39 is 0 Å². The molecule has 72 valence electrons. The highest BCUT2D eigenvalue weighted by atomic mass is 35.5. The van der Waals surface area contributed by atoms with E-state index in [2.05, 4.69) is 30.0 Å². The summed E-state index contributed by atoms with van der Waals surface area (Å²) in [6.07, 6.45) is 3.01. The van der Waals surface area contributed by atoms with Gasteiger partial charge in [0, 0.05) is 18.1 Å². The van der Waals surface area contributed by atoms with Gasteiger partial charge in [-0.05, 0) is 34.6 Å². The lowest BCUT2D eigenvalue weighted by Gasteiger charge is -2.09. The van der Waals surface area contributed by atoms with Gasteiger partial charge in [-0.2, -0.15) is 0 Å². The summed E-state index contributed by atoms with van der Waals surface area (Å²) in [6.45, 7) is 1.94. The summed E-state index contributed by atoms with van der Waals surface area (Å²) >= 11 is 5.98. The lowest BCUT2D eigenvalue weighted by atomic mass is 10.3. The highest BCUT2D eigenvalue weighted by molar-refractivity contribution is 6.29. The largest absolute Gasteiger partial charge is 0.309 e. The second-order valence-corrected chi connectivity index (χ2v) is 3.95. The van der Waals surface area contributed by atoms with Crippen LogP contribution in [0, 0.1) is 0 Å². The quantitative estimate of drug-likeness (QED) is 0.650. The third-order valence-corrected chi connectivity index (χ3v) is 1.82. The molecule has 0 amide bonds. The van der Waals surface area contributed by atoms with Gasteiger partial charge in [0.05, 0.1) is 0 Å². The molecule has 0 atom stereocenters. The van der Waals surface area contributed by atoms with Gasteiger partial charge in [0.25, 0.3) is 0 Å². The fourth-order valence-electron chi connectivity index (χ4n) is 0.714. The molecular formula is C9H19ClN2. The van der Waals surface area contributed by atoms with E-state index in [0.29, 0.717) is 0 Å². The number of hydrogen-bond acceptors (Lipinski definition) is 2. The van der Waals surface area contributed by atoms with Gasteiger partial charge in [0.2, 0.25) is 0 Å². The first-order valence-corrected chi connectivity index (χ1v) is 4.54. The normalized spacial score (nSPS) is 13.1. The SMILES string of the molecule is CN(C)C/C=C(/Cl)CCN(C)C. The van der Waals surface area contributed by atoms with Gasteiger partial charge in [0.15, 0.2) is 0 Å². The number of likely N-dealkylation sites (N-methyl/N-ethyl adjacent to an activating group) is 1. The summed E-state index contributed by atoms with van der Waals surface area (Å²) in [5, 5.41) is 0.956. The van der Waals surface area contributed by atoms with Crippen molar-refractivity contribution in [2.75, 3.05) is 41.3 Å². The van der Waals surface area contributed by atoms with E-state index >= 15 is 0 Å². The maximum absolute atomic E-state index is 5.98. The van der Waals surface area contributed by atoms with Crippen molar-refractivity contribution in [3.8, 4) is 0 Å². The van der Waals surface area contributed by atoms with E-state index in [1.807, 2.05) is 14.1 Å². The Morgan fingerprint density at radius 1 is 1.17 bits per heavy atom. The molecule has 2 nitrogen and oxygen atoms in total. The zero-order chi connectivity index (χ0) is 9.56. The Hall–Kier alpha value is -0.0500. The third-order valence-electron chi connectivity index (χ3n) is 1.48. The van der Waals surface area contributed by atoms with Crippen molar-refractivity contribution < 1.29 is 0 Å². The van der Waals surface area contributed by atoms with Gasteiger partial charge in [-0.25, -0.2) is 0 Å².